The predicted molar refractivity (Wildman–Crippen MR) is 81.3 cm³/mol. The molecule has 0 amide bonds. The van der Waals surface area contributed by atoms with E-state index in [0.29, 0.717) is 0 Å². The average molecular weight is 286 g/mol. The zero-order valence-electron chi connectivity index (χ0n) is 12.1. The topological polar surface area (TPSA) is 64.2 Å². The van der Waals surface area contributed by atoms with Crippen molar-refractivity contribution in [2.45, 2.75) is 12.0 Å². The van der Waals surface area contributed by atoms with Gasteiger partial charge in [0.25, 0.3) is 5.56 Å². The lowest BCUT2D eigenvalue weighted by Crippen LogP contribution is -2.39. The Morgan fingerprint density at radius 3 is 2.38 bits per heavy atom. The minimum absolute atomic E-state index is 0.174. The molecular weight excluding hydrogens is 268 g/mol. The van der Waals surface area contributed by atoms with Crippen LogP contribution in [0.5, 0.6) is 0 Å². The molecule has 0 saturated carbocycles. The summed E-state index contributed by atoms with van der Waals surface area (Å²) >= 11 is 0. The third-order valence-corrected chi connectivity index (χ3v) is 3.57. The number of hydrogen-bond acceptors (Lipinski definition) is 3. The highest BCUT2D eigenvalue weighted by Gasteiger charge is 2.24. The van der Waals surface area contributed by atoms with Crippen molar-refractivity contribution in [3.8, 4) is 0 Å². The van der Waals surface area contributed by atoms with E-state index < -0.39 is 23.3 Å². The highest BCUT2D eigenvalue weighted by atomic mass is 16.3. The minimum atomic E-state index is -1.06. The number of benzene rings is 1. The maximum absolute atomic E-state index is 12.2. The van der Waals surface area contributed by atoms with Crippen molar-refractivity contribution in [3.05, 3.63) is 81.1 Å². The highest BCUT2D eigenvalue weighted by molar-refractivity contribution is 5.28. The number of aromatic nitrogens is 2. The Kier molecular flexibility index (Phi) is 4.23. The molecule has 2 aromatic rings. The number of rotatable bonds is 4. The fraction of sp³-hybridized carbons (Fsp3) is 0.250. The second kappa shape index (κ2) is 5.93. The lowest BCUT2D eigenvalue weighted by Gasteiger charge is -2.20. The summed E-state index contributed by atoms with van der Waals surface area (Å²) in [5.74, 6) is -0.420. The van der Waals surface area contributed by atoms with Gasteiger partial charge in [0.2, 0.25) is 0 Å². The maximum Gasteiger partial charge on any atom is 0.330 e. The molecule has 5 heteroatoms. The molecule has 5 nitrogen and oxygen atoms in total. The summed E-state index contributed by atoms with van der Waals surface area (Å²) in [4.78, 5) is 23.9. The minimum Gasteiger partial charge on any atom is -0.387 e. The summed E-state index contributed by atoms with van der Waals surface area (Å²) in [5, 5.41) is 10.6. The van der Waals surface area contributed by atoms with Gasteiger partial charge >= 0.3 is 5.69 Å². The van der Waals surface area contributed by atoms with Crippen LogP contribution in [0, 0.1) is 0 Å². The smallest absolute Gasteiger partial charge is 0.330 e. The molecule has 2 atom stereocenters. The fourth-order valence-corrected chi connectivity index (χ4v) is 2.36. The van der Waals surface area contributed by atoms with Gasteiger partial charge in [-0.1, -0.05) is 36.4 Å². The highest BCUT2D eigenvalue weighted by Crippen LogP contribution is 2.29. The number of aliphatic hydroxyl groups is 1. The molecule has 1 N–H and O–H groups in total. The van der Waals surface area contributed by atoms with Gasteiger partial charge in [-0.3, -0.25) is 9.36 Å². The summed E-state index contributed by atoms with van der Waals surface area (Å²) in [5.41, 5.74) is 0.114. The Hall–Kier alpha value is -2.40. The van der Waals surface area contributed by atoms with Gasteiger partial charge in [-0.05, 0) is 5.56 Å². The normalized spacial score (nSPS) is 13.7. The second-order valence-corrected chi connectivity index (χ2v) is 4.96. The van der Waals surface area contributed by atoms with Crippen molar-refractivity contribution in [2.75, 3.05) is 0 Å². The molecule has 0 spiro atoms. The number of hydrogen-bond donors (Lipinski definition) is 1. The SMILES string of the molecule is C=CC(c1ccccc1)C(O)c1cn(C)c(=O)n(C)c1=O. The van der Waals surface area contributed by atoms with Gasteiger partial charge < -0.3 is 9.67 Å². The largest absolute Gasteiger partial charge is 0.387 e. The molecule has 110 valence electrons. The van der Waals surface area contributed by atoms with E-state index in [1.807, 2.05) is 30.3 Å². The first kappa shape index (κ1) is 15.0. The molecule has 0 fully saturated rings. The zero-order chi connectivity index (χ0) is 15.6. The average Bonchev–Trinajstić information content (AvgIpc) is 2.50. The molecular formula is C16H18N2O3. The van der Waals surface area contributed by atoms with Gasteiger partial charge in [0.15, 0.2) is 0 Å². The van der Waals surface area contributed by atoms with E-state index in [4.69, 9.17) is 0 Å². The summed E-state index contributed by atoms with van der Waals surface area (Å²) in [7, 11) is 2.94. The molecule has 0 saturated heterocycles. The molecule has 0 aliphatic carbocycles. The maximum atomic E-state index is 12.2. The van der Waals surface area contributed by atoms with Crippen molar-refractivity contribution >= 4 is 0 Å². The zero-order valence-corrected chi connectivity index (χ0v) is 12.1. The molecule has 0 bridgehead atoms. The van der Waals surface area contributed by atoms with Crippen LogP contribution in [0.2, 0.25) is 0 Å². The lowest BCUT2D eigenvalue weighted by molar-refractivity contribution is 0.158. The van der Waals surface area contributed by atoms with Crippen LogP contribution in [0.25, 0.3) is 0 Å². The first-order valence-electron chi connectivity index (χ1n) is 6.59. The monoisotopic (exact) mass is 286 g/mol. The van der Waals surface area contributed by atoms with E-state index in [1.54, 1.807) is 13.1 Å². The molecule has 0 radical (unpaired) electrons. The lowest BCUT2D eigenvalue weighted by atomic mass is 9.90. The van der Waals surface area contributed by atoms with E-state index >= 15 is 0 Å². The number of aryl methyl sites for hydroxylation is 1. The molecule has 1 heterocycles. The van der Waals surface area contributed by atoms with Crippen LogP contribution in [-0.4, -0.2) is 14.2 Å². The fourth-order valence-electron chi connectivity index (χ4n) is 2.36. The molecule has 2 rings (SSSR count). The Balaban J connectivity index is 2.54. The van der Waals surface area contributed by atoms with Crippen LogP contribution in [0.15, 0.2) is 58.8 Å². The first-order valence-corrected chi connectivity index (χ1v) is 6.59. The summed E-state index contributed by atoms with van der Waals surface area (Å²) in [6.45, 7) is 3.74. The van der Waals surface area contributed by atoms with Crippen molar-refractivity contribution in [1.29, 1.82) is 0 Å². The van der Waals surface area contributed by atoms with Crippen molar-refractivity contribution < 1.29 is 5.11 Å². The van der Waals surface area contributed by atoms with Crippen LogP contribution in [0.3, 0.4) is 0 Å². The molecule has 0 aliphatic rings. The van der Waals surface area contributed by atoms with Gasteiger partial charge in [0.05, 0.1) is 11.7 Å². The first-order chi connectivity index (χ1) is 9.97. The van der Waals surface area contributed by atoms with Crippen LogP contribution in [0.1, 0.15) is 23.1 Å². The summed E-state index contributed by atoms with van der Waals surface area (Å²) in [6.07, 6.45) is 1.93. The van der Waals surface area contributed by atoms with Gasteiger partial charge in [0.1, 0.15) is 0 Å². The van der Waals surface area contributed by atoms with Crippen molar-refractivity contribution in [3.63, 3.8) is 0 Å². The molecule has 1 aromatic carbocycles. The summed E-state index contributed by atoms with van der Waals surface area (Å²) < 4.78 is 2.27. The molecule has 1 aromatic heterocycles. The second-order valence-electron chi connectivity index (χ2n) is 4.96. The molecule has 21 heavy (non-hydrogen) atoms. The third kappa shape index (κ3) is 2.73. The third-order valence-electron chi connectivity index (χ3n) is 3.57. The summed E-state index contributed by atoms with van der Waals surface area (Å²) in [6, 6.07) is 9.32. The molecule has 2 unspecified atom stereocenters. The van der Waals surface area contributed by atoms with Crippen LogP contribution in [0.4, 0.5) is 0 Å². The van der Waals surface area contributed by atoms with E-state index in [0.717, 1.165) is 10.1 Å². The number of nitrogens with zero attached hydrogens (tertiary/aromatic N) is 2. The van der Waals surface area contributed by atoms with Gasteiger partial charge in [-0.2, -0.15) is 0 Å². The van der Waals surface area contributed by atoms with Crippen LogP contribution in [-0.2, 0) is 14.1 Å². The standard InChI is InChI=1S/C16H18N2O3/c1-4-12(11-8-6-5-7-9-11)14(19)13-10-17(2)16(21)18(3)15(13)20/h4-10,12,14,19H,1H2,2-3H3. The van der Waals surface area contributed by atoms with Gasteiger partial charge in [-0.15, -0.1) is 6.58 Å². The van der Waals surface area contributed by atoms with Crippen molar-refractivity contribution in [1.82, 2.24) is 9.13 Å². The number of aliphatic hydroxyl groups excluding tert-OH is 1. The Labute approximate surface area is 122 Å². The molecule has 0 aliphatic heterocycles. The van der Waals surface area contributed by atoms with Gasteiger partial charge in [0, 0.05) is 26.2 Å². The van der Waals surface area contributed by atoms with E-state index in [2.05, 4.69) is 6.58 Å². The van der Waals surface area contributed by atoms with Gasteiger partial charge in [-0.25, -0.2) is 4.79 Å². The Morgan fingerprint density at radius 2 is 1.81 bits per heavy atom. The van der Waals surface area contributed by atoms with Crippen molar-refractivity contribution in [2.24, 2.45) is 14.1 Å². The van der Waals surface area contributed by atoms with E-state index in [-0.39, 0.29) is 5.56 Å². The van der Waals surface area contributed by atoms with E-state index in [1.165, 1.54) is 17.8 Å². The Bertz CT molecular complexity index is 759. The van der Waals surface area contributed by atoms with E-state index in [9.17, 15) is 14.7 Å². The predicted octanol–water partition coefficient (Wildman–Crippen LogP) is 1.09. The Morgan fingerprint density at radius 1 is 1.19 bits per heavy atom. The quantitative estimate of drug-likeness (QED) is 0.856. The van der Waals surface area contributed by atoms with Crippen LogP contribution >= 0.6 is 0 Å². The van der Waals surface area contributed by atoms with Crippen LogP contribution < -0.4 is 11.2 Å².